The molecule has 0 unspecified atom stereocenters. The Morgan fingerprint density at radius 2 is 1.86 bits per heavy atom. The topological polar surface area (TPSA) is 34.1 Å². The Hall–Kier alpha value is -2.20. The summed E-state index contributed by atoms with van der Waals surface area (Å²) in [7, 11) is 1.71. The number of benzene rings is 2. The molecule has 28 heavy (non-hydrogen) atoms. The van der Waals surface area contributed by atoms with E-state index < -0.39 is 0 Å². The van der Waals surface area contributed by atoms with Crippen molar-refractivity contribution >= 4 is 17.3 Å². The minimum Gasteiger partial charge on any atom is -0.493 e. The summed E-state index contributed by atoms with van der Waals surface area (Å²) < 4.78 is 12.2. The molecule has 0 N–H and O–H groups in total. The second kappa shape index (κ2) is 7.32. The molecule has 2 heterocycles. The summed E-state index contributed by atoms with van der Waals surface area (Å²) in [6.45, 7) is 0. The van der Waals surface area contributed by atoms with Gasteiger partial charge in [-0.3, -0.25) is 0 Å². The lowest BCUT2D eigenvalue weighted by Crippen LogP contribution is -2.46. The zero-order valence-electron chi connectivity index (χ0n) is 16.1. The molecule has 0 aromatic heterocycles. The Labute approximate surface area is 171 Å². The second-order valence-corrected chi connectivity index (χ2v) is 8.38. The molecule has 0 radical (unpaired) electrons. The van der Waals surface area contributed by atoms with Crippen LogP contribution in [0.2, 0.25) is 5.02 Å². The highest BCUT2D eigenvalue weighted by Crippen LogP contribution is 2.49. The molecule has 0 spiro atoms. The number of para-hydroxylation sites is 1. The van der Waals surface area contributed by atoms with Crippen molar-refractivity contribution in [2.24, 2.45) is 11.0 Å². The number of hydrogen-bond acceptors (Lipinski definition) is 4. The molecular formula is C23H25ClN2O2. The molecule has 0 bridgehead atoms. The van der Waals surface area contributed by atoms with Crippen LogP contribution in [0.3, 0.4) is 0 Å². The van der Waals surface area contributed by atoms with Gasteiger partial charge < -0.3 is 9.47 Å². The maximum atomic E-state index is 6.58. The van der Waals surface area contributed by atoms with Crippen molar-refractivity contribution in [2.45, 2.75) is 50.8 Å². The van der Waals surface area contributed by atoms with Crippen LogP contribution in [0.4, 0.5) is 0 Å². The summed E-state index contributed by atoms with van der Waals surface area (Å²) in [5.74, 6) is 2.22. The van der Waals surface area contributed by atoms with Gasteiger partial charge in [0.1, 0.15) is 0 Å². The summed E-state index contributed by atoms with van der Waals surface area (Å²) in [5, 5.41) is 8.03. The molecule has 5 heteroatoms. The largest absolute Gasteiger partial charge is 0.493 e. The predicted molar refractivity (Wildman–Crippen MR) is 111 cm³/mol. The van der Waals surface area contributed by atoms with Crippen LogP contribution >= 0.6 is 11.6 Å². The number of halogens is 1. The van der Waals surface area contributed by atoms with E-state index in [-0.39, 0.29) is 12.3 Å². The molecule has 2 aliphatic heterocycles. The van der Waals surface area contributed by atoms with Gasteiger partial charge in [-0.05, 0) is 36.6 Å². The van der Waals surface area contributed by atoms with E-state index in [0.29, 0.717) is 5.92 Å². The predicted octanol–water partition coefficient (Wildman–Crippen LogP) is 5.80. The molecule has 1 fully saturated rings. The molecule has 3 aliphatic rings. The SMILES string of the molecule is COc1cccc2c1O[C@H](C1CCCCC1)N1N=C(c3ccc(Cl)cc3)C[C@H]21. The highest BCUT2D eigenvalue weighted by Gasteiger charge is 2.44. The van der Waals surface area contributed by atoms with E-state index in [1.807, 2.05) is 24.3 Å². The average molecular weight is 397 g/mol. The third kappa shape index (κ3) is 3.04. The van der Waals surface area contributed by atoms with Crippen LogP contribution < -0.4 is 9.47 Å². The standard InChI is InChI=1S/C23H25ClN2O2/c1-27-21-9-5-8-18-20-14-19(15-10-12-17(24)13-11-15)25-26(20)23(28-22(18)21)16-6-3-2-4-7-16/h5,8-13,16,20,23H,2-4,6-7,14H2,1H3/t20-,23-/m1/s1. The summed E-state index contributed by atoms with van der Waals surface area (Å²) >= 11 is 6.08. The third-order valence-electron chi connectivity index (χ3n) is 6.26. The monoisotopic (exact) mass is 396 g/mol. The van der Waals surface area contributed by atoms with Gasteiger partial charge in [0.2, 0.25) is 0 Å². The van der Waals surface area contributed by atoms with E-state index in [2.05, 4.69) is 23.2 Å². The number of ether oxygens (including phenoxy) is 2. The highest BCUT2D eigenvalue weighted by atomic mass is 35.5. The van der Waals surface area contributed by atoms with Crippen LogP contribution in [0, 0.1) is 5.92 Å². The number of hydrazone groups is 1. The molecule has 0 amide bonds. The molecule has 2 atom stereocenters. The van der Waals surface area contributed by atoms with E-state index in [0.717, 1.165) is 34.2 Å². The van der Waals surface area contributed by atoms with Gasteiger partial charge in [0, 0.05) is 22.9 Å². The molecule has 146 valence electrons. The quantitative estimate of drug-likeness (QED) is 0.657. The number of methoxy groups -OCH3 is 1. The van der Waals surface area contributed by atoms with Crippen LogP contribution in [0.25, 0.3) is 0 Å². The third-order valence-corrected chi connectivity index (χ3v) is 6.51. The maximum Gasteiger partial charge on any atom is 0.190 e. The fraction of sp³-hybridized carbons (Fsp3) is 0.435. The first-order chi connectivity index (χ1) is 13.7. The van der Waals surface area contributed by atoms with Gasteiger partial charge in [0.05, 0.1) is 18.9 Å². The molecule has 4 nitrogen and oxygen atoms in total. The Morgan fingerprint density at radius 1 is 1.07 bits per heavy atom. The van der Waals surface area contributed by atoms with Gasteiger partial charge in [0.25, 0.3) is 0 Å². The molecule has 1 aliphatic carbocycles. The molecule has 2 aromatic carbocycles. The summed E-state index contributed by atoms with van der Waals surface area (Å²) in [4.78, 5) is 0. The van der Waals surface area contributed by atoms with Crippen molar-refractivity contribution in [3.8, 4) is 11.5 Å². The lowest BCUT2D eigenvalue weighted by molar-refractivity contribution is -0.0656. The van der Waals surface area contributed by atoms with Crippen LogP contribution in [-0.2, 0) is 0 Å². The van der Waals surface area contributed by atoms with Crippen molar-refractivity contribution < 1.29 is 9.47 Å². The van der Waals surface area contributed by atoms with Gasteiger partial charge in [-0.2, -0.15) is 5.10 Å². The zero-order chi connectivity index (χ0) is 19.1. The van der Waals surface area contributed by atoms with E-state index in [1.54, 1.807) is 7.11 Å². The summed E-state index contributed by atoms with van der Waals surface area (Å²) in [5.41, 5.74) is 3.39. The van der Waals surface area contributed by atoms with Crippen LogP contribution in [0.1, 0.15) is 55.7 Å². The number of hydrogen-bond donors (Lipinski definition) is 0. The fourth-order valence-electron chi connectivity index (χ4n) is 4.82. The summed E-state index contributed by atoms with van der Waals surface area (Å²) in [6.07, 6.45) is 7.11. The number of rotatable bonds is 3. The first-order valence-corrected chi connectivity index (χ1v) is 10.6. The van der Waals surface area contributed by atoms with Gasteiger partial charge in [-0.15, -0.1) is 0 Å². The molecule has 0 saturated heterocycles. The van der Waals surface area contributed by atoms with E-state index >= 15 is 0 Å². The smallest absolute Gasteiger partial charge is 0.190 e. The van der Waals surface area contributed by atoms with Crippen molar-refractivity contribution in [1.29, 1.82) is 0 Å². The van der Waals surface area contributed by atoms with Crippen molar-refractivity contribution in [3.05, 3.63) is 58.6 Å². The van der Waals surface area contributed by atoms with Gasteiger partial charge in [-0.1, -0.05) is 55.1 Å². The van der Waals surface area contributed by atoms with Gasteiger partial charge >= 0.3 is 0 Å². The fourth-order valence-corrected chi connectivity index (χ4v) is 4.95. The zero-order valence-corrected chi connectivity index (χ0v) is 16.9. The minimum atomic E-state index is -0.0288. The van der Waals surface area contributed by atoms with Crippen molar-refractivity contribution in [2.75, 3.05) is 7.11 Å². The maximum absolute atomic E-state index is 6.58. The number of nitrogens with zero attached hydrogens (tertiary/aromatic N) is 2. The lowest BCUT2D eigenvalue weighted by Gasteiger charge is -2.43. The van der Waals surface area contributed by atoms with Crippen LogP contribution in [0.5, 0.6) is 11.5 Å². The van der Waals surface area contributed by atoms with E-state index in [1.165, 1.54) is 37.7 Å². The van der Waals surface area contributed by atoms with E-state index in [9.17, 15) is 0 Å². The molecule has 1 saturated carbocycles. The first kappa shape index (κ1) is 17.9. The molecular weight excluding hydrogens is 372 g/mol. The van der Waals surface area contributed by atoms with Gasteiger partial charge in [-0.25, -0.2) is 5.01 Å². The summed E-state index contributed by atoms with van der Waals surface area (Å²) in [6, 6.07) is 14.4. The minimum absolute atomic E-state index is 0.0288. The lowest BCUT2D eigenvalue weighted by atomic mass is 9.86. The van der Waals surface area contributed by atoms with Crippen molar-refractivity contribution in [1.82, 2.24) is 5.01 Å². The van der Waals surface area contributed by atoms with Crippen LogP contribution in [-0.4, -0.2) is 24.1 Å². The highest BCUT2D eigenvalue weighted by molar-refractivity contribution is 6.30. The second-order valence-electron chi connectivity index (χ2n) is 7.94. The number of fused-ring (bicyclic) bond motifs is 3. The Balaban J connectivity index is 1.55. The van der Waals surface area contributed by atoms with Crippen molar-refractivity contribution in [3.63, 3.8) is 0 Å². The molecule has 2 aromatic rings. The van der Waals surface area contributed by atoms with Crippen LogP contribution in [0.15, 0.2) is 47.6 Å². The normalized spacial score (nSPS) is 24.2. The van der Waals surface area contributed by atoms with Gasteiger partial charge in [0.15, 0.2) is 17.7 Å². The Morgan fingerprint density at radius 3 is 2.61 bits per heavy atom. The average Bonchev–Trinajstić information content (AvgIpc) is 3.19. The Bertz CT molecular complexity index is 890. The van der Waals surface area contributed by atoms with E-state index in [4.69, 9.17) is 26.2 Å². The molecule has 5 rings (SSSR count). The first-order valence-electron chi connectivity index (χ1n) is 10.2. The Kier molecular flexibility index (Phi) is 4.67.